The molecule has 0 unspecified atom stereocenters. The zero-order valence-electron chi connectivity index (χ0n) is 17.9. The highest BCUT2D eigenvalue weighted by atomic mass is 16.4. The molecule has 0 fully saturated rings. The summed E-state index contributed by atoms with van der Waals surface area (Å²) in [5, 5.41) is 4.32. The Morgan fingerprint density at radius 2 is 2.00 bits per heavy atom. The average molecular weight is 419 g/mol. The summed E-state index contributed by atoms with van der Waals surface area (Å²) in [6.45, 7) is 6.33. The maximum Gasteiger partial charge on any atom is 0.307 e. The minimum atomic E-state index is -0.418. The molecular formula is C24H25N3O4. The molecule has 0 saturated heterocycles. The van der Waals surface area contributed by atoms with Crippen LogP contribution in [0.25, 0.3) is 0 Å². The Bertz CT molecular complexity index is 1140. The van der Waals surface area contributed by atoms with E-state index in [0.29, 0.717) is 24.4 Å². The summed E-state index contributed by atoms with van der Waals surface area (Å²) in [6, 6.07) is 11.1. The van der Waals surface area contributed by atoms with Gasteiger partial charge in [0.1, 0.15) is 5.76 Å². The second-order valence-electron chi connectivity index (χ2n) is 7.57. The number of nitrogens with zero attached hydrogens (tertiary/aromatic N) is 2. The molecule has 7 nitrogen and oxygen atoms in total. The largest absolute Gasteiger partial charge is 0.459 e. The number of nitrogens with one attached hydrogen (secondary N) is 1. The highest BCUT2D eigenvalue weighted by Crippen LogP contribution is 2.31. The highest BCUT2D eigenvalue weighted by molar-refractivity contribution is 6.10. The van der Waals surface area contributed by atoms with Gasteiger partial charge in [-0.25, -0.2) is 5.43 Å². The molecule has 3 aromatic rings. The van der Waals surface area contributed by atoms with Crippen molar-refractivity contribution in [1.82, 2.24) is 5.43 Å². The summed E-state index contributed by atoms with van der Waals surface area (Å²) in [5.74, 6) is 0.647. The Kier molecular flexibility index (Phi) is 5.75. The molecule has 2 heterocycles. The van der Waals surface area contributed by atoms with Gasteiger partial charge in [-0.15, -0.1) is 0 Å². The lowest BCUT2D eigenvalue weighted by Crippen LogP contribution is -2.31. The van der Waals surface area contributed by atoms with Gasteiger partial charge >= 0.3 is 5.91 Å². The molecule has 2 amide bonds. The van der Waals surface area contributed by atoms with E-state index in [9.17, 15) is 9.59 Å². The number of aryl methyl sites for hydroxylation is 2. The molecule has 160 valence electrons. The summed E-state index contributed by atoms with van der Waals surface area (Å²) in [5.41, 5.74) is 6.73. The van der Waals surface area contributed by atoms with Crippen molar-refractivity contribution in [3.8, 4) is 0 Å². The predicted octanol–water partition coefficient (Wildman–Crippen LogP) is 4.63. The molecule has 0 bridgehead atoms. The molecule has 0 saturated carbocycles. The van der Waals surface area contributed by atoms with Crippen molar-refractivity contribution in [2.75, 3.05) is 11.4 Å². The smallest absolute Gasteiger partial charge is 0.307 e. The summed E-state index contributed by atoms with van der Waals surface area (Å²) < 4.78 is 11.1. The first-order valence-corrected chi connectivity index (χ1v) is 10.4. The Morgan fingerprint density at radius 3 is 2.71 bits per heavy atom. The minimum Gasteiger partial charge on any atom is -0.459 e. The lowest BCUT2D eigenvalue weighted by Gasteiger charge is -2.20. The number of hydrogen-bond donors (Lipinski definition) is 1. The molecule has 2 aromatic heterocycles. The van der Waals surface area contributed by atoms with Gasteiger partial charge < -0.3 is 13.7 Å². The lowest BCUT2D eigenvalue weighted by atomic mass is 9.93. The Hall–Kier alpha value is -3.61. The number of rotatable bonds is 5. The number of hydrogen-bond acceptors (Lipinski definition) is 5. The second-order valence-corrected chi connectivity index (χ2v) is 7.57. The normalized spacial score (nSPS) is 14.4. The number of amides is 2. The quantitative estimate of drug-likeness (QED) is 0.611. The van der Waals surface area contributed by atoms with Crippen molar-refractivity contribution < 1.29 is 18.4 Å². The van der Waals surface area contributed by atoms with Gasteiger partial charge in [-0.2, -0.15) is 5.10 Å². The van der Waals surface area contributed by atoms with Gasteiger partial charge in [-0.05, 0) is 63.4 Å². The van der Waals surface area contributed by atoms with Gasteiger partial charge in [-0.1, -0.05) is 12.1 Å². The molecule has 0 atom stereocenters. The molecule has 1 aromatic carbocycles. The van der Waals surface area contributed by atoms with Gasteiger partial charge in [0.15, 0.2) is 11.5 Å². The van der Waals surface area contributed by atoms with Crippen LogP contribution in [0.15, 0.2) is 56.6 Å². The van der Waals surface area contributed by atoms with E-state index < -0.39 is 5.91 Å². The number of furan rings is 2. The molecule has 0 aliphatic heterocycles. The standard InChI is InChI=1S/C24H25N3O4/c1-4-27(17-9-5-8-15(2)14-17)24(29)22-16(3)21-18(10-6-11-19(21)31-22)25-26-23(28)20-12-7-13-30-20/h5,7-9,12-14H,4,6,10-11H2,1-3H3,(H,26,28)/b25-18+. The fourth-order valence-corrected chi connectivity index (χ4v) is 3.93. The van der Waals surface area contributed by atoms with Crippen LogP contribution in [0.4, 0.5) is 5.69 Å². The number of carbonyl (C=O) groups is 2. The first-order valence-electron chi connectivity index (χ1n) is 10.4. The van der Waals surface area contributed by atoms with E-state index in [1.165, 1.54) is 6.26 Å². The number of hydrazone groups is 1. The van der Waals surface area contributed by atoms with Crippen LogP contribution in [-0.2, 0) is 6.42 Å². The van der Waals surface area contributed by atoms with Crippen molar-refractivity contribution in [3.63, 3.8) is 0 Å². The molecule has 7 heteroatoms. The Balaban J connectivity index is 1.64. The van der Waals surface area contributed by atoms with Crippen LogP contribution in [0.5, 0.6) is 0 Å². The fraction of sp³-hybridized carbons (Fsp3) is 0.292. The maximum atomic E-state index is 13.4. The van der Waals surface area contributed by atoms with Crippen LogP contribution in [0.2, 0.25) is 0 Å². The van der Waals surface area contributed by atoms with Crippen molar-refractivity contribution in [2.45, 2.75) is 40.0 Å². The topological polar surface area (TPSA) is 88.0 Å². The van der Waals surface area contributed by atoms with E-state index in [1.807, 2.05) is 45.0 Å². The van der Waals surface area contributed by atoms with Crippen LogP contribution in [0, 0.1) is 13.8 Å². The third-order valence-electron chi connectivity index (χ3n) is 5.43. The molecule has 1 aliphatic carbocycles. The number of carbonyl (C=O) groups excluding carboxylic acids is 2. The first kappa shape index (κ1) is 20.7. The van der Waals surface area contributed by atoms with Gasteiger partial charge in [0.2, 0.25) is 0 Å². The molecular weight excluding hydrogens is 394 g/mol. The van der Waals surface area contributed by atoms with Gasteiger partial charge in [0.05, 0.1) is 12.0 Å². The highest BCUT2D eigenvalue weighted by Gasteiger charge is 2.30. The molecule has 0 radical (unpaired) electrons. The van der Waals surface area contributed by atoms with Gasteiger partial charge in [-0.3, -0.25) is 9.59 Å². The molecule has 1 aliphatic rings. The van der Waals surface area contributed by atoms with Crippen LogP contribution >= 0.6 is 0 Å². The third-order valence-corrected chi connectivity index (χ3v) is 5.43. The van der Waals surface area contributed by atoms with Crippen molar-refractivity contribution in [1.29, 1.82) is 0 Å². The molecule has 31 heavy (non-hydrogen) atoms. The van der Waals surface area contributed by atoms with Crippen LogP contribution in [-0.4, -0.2) is 24.1 Å². The van der Waals surface area contributed by atoms with E-state index in [4.69, 9.17) is 8.83 Å². The SMILES string of the molecule is CCN(C(=O)c1oc2c(c1C)/C(=N/NC(=O)c1ccco1)CCC2)c1cccc(C)c1. The molecule has 0 spiro atoms. The number of anilines is 1. The molecule has 1 N–H and O–H groups in total. The second kappa shape index (κ2) is 8.63. The summed E-state index contributed by atoms with van der Waals surface area (Å²) in [7, 11) is 0. The maximum absolute atomic E-state index is 13.4. The van der Waals surface area contributed by atoms with Crippen LogP contribution < -0.4 is 10.3 Å². The number of fused-ring (bicyclic) bond motifs is 1. The fourth-order valence-electron chi connectivity index (χ4n) is 3.93. The third kappa shape index (κ3) is 4.03. The first-order chi connectivity index (χ1) is 15.0. The van der Waals surface area contributed by atoms with E-state index in [2.05, 4.69) is 10.5 Å². The van der Waals surface area contributed by atoms with Crippen molar-refractivity contribution in [2.24, 2.45) is 5.10 Å². The van der Waals surface area contributed by atoms with E-state index in [1.54, 1.807) is 17.0 Å². The van der Waals surface area contributed by atoms with Gasteiger partial charge in [0.25, 0.3) is 5.91 Å². The molecule has 4 rings (SSSR count). The predicted molar refractivity (Wildman–Crippen MR) is 118 cm³/mol. The number of benzene rings is 1. The van der Waals surface area contributed by atoms with Crippen LogP contribution in [0.3, 0.4) is 0 Å². The van der Waals surface area contributed by atoms with E-state index in [-0.39, 0.29) is 11.7 Å². The lowest BCUT2D eigenvalue weighted by molar-refractivity contribution is 0.0925. The van der Waals surface area contributed by atoms with E-state index >= 15 is 0 Å². The Morgan fingerprint density at radius 1 is 1.16 bits per heavy atom. The minimum absolute atomic E-state index is 0.182. The summed E-state index contributed by atoms with van der Waals surface area (Å²) >= 11 is 0. The van der Waals surface area contributed by atoms with E-state index in [0.717, 1.165) is 41.0 Å². The summed E-state index contributed by atoms with van der Waals surface area (Å²) in [4.78, 5) is 27.2. The van der Waals surface area contributed by atoms with Gasteiger partial charge in [0, 0.05) is 29.8 Å². The monoisotopic (exact) mass is 419 g/mol. The van der Waals surface area contributed by atoms with Crippen molar-refractivity contribution >= 4 is 23.2 Å². The average Bonchev–Trinajstić information content (AvgIpc) is 3.41. The zero-order chi connectivity index (χ0) is 22.0. The van der Waals surface area contributed by atoms with Crippen molar-refractivity contribution in [3.05, 3.63) is 76.6 Å². The summed E-state index contributed by atoms with van der Waals surface area (Å²) in [6.07, 6.45) is 3.69. The Labute approximate surface area is 180 Å². The van der Waals surface area contributed by atoms with Crippen LogP contribution in [0.1, 0.15) is 63.3 Å². The zero-order valence-corrected chi connectivity index (χ0v) is 17.9.